The Morgan fingerprint density at radius 1 is 1.50 bits per heavy atom. The number of aromatic nitrogens is 2. The van der Waals surface area contributed by atoms with Crippen LogP contribution >= 0.6 is 0 Å². The Balaban J connectivity index is 1.92. The second-order valence-corrected chi connectivity index (χ2v) is 5.22. The van der Waals surface area contributed by atoms with Crippen LogP contribution in [-0.4, -0.2) is 28.3 Å². The molecule has 1 fully saturated rings. The molecule has 20 heavy (non-hydrogen) atoms. The summed E-state index contributed by atoms with van der Waals surface area (Å²) in [5, 5.41) is 19.0. The maximum absolute atomic E-state index is 11.7. The molecule has 1 aromatic heterocycles. The number of nitrogens with one attached hydrogen (secondary N) is 2. The molecular formula is C14H21N5O. The number of rotatable bonds is 7. The molecule has 2 N–H and O–H groups in total. The highest BCUT2D eigenvalue weighted by Gasteiger charge is 2.22. The first kappa shape index (κ1) is 14.5. The van der Waals surface area contributed by atoms with Gasteiger partial charge in [0.05, 0.1) is 18.2 Å². The highest BCUT2D eigenvalue weighted by molar-refractivity contribution is 5.75. The van der Waals surface area contributed by atoms with E-state index in [0.717, 1.165) is 17.9 Å². The molecular weight excluding hydrogens is 254 g/mol. The largest absolute Gasteiger partial charge is 0.353 e. The Bertz CT molecular complexity index is 524. The van der Waals surface area contributed by atoms with Crippen molar-refractivity contribution in [2.45, 2.75) is 52.2 Å². The Morgan fingerprint density at radius 2 is 2.25 bits per heavy atom. The molecule has 1 amide bonds. The van der Waals surface area contributed by atoms with Crippen molar-refractivity contribution in [3.63, 3.8) is 0 Å². The predicted octanol–water partition coefficient (Wildman–Crippen LogP) is 0.782. The number of nitrogens with zero attached hydrogens (tertiary/aromatic N) is 3. The maximum Gasteiger partial charge on any atom is 0.241 e. The summed E-state index contributed by atoms with van der Waals surface area (Å²) >= 11 is 0. The summed E-state index contributed by atoms with van der Waals surface area (Å²) in [6.07, 6.45) is 2.85. The SMILES string of the molecule is Cc1nn(CC(=O)NCCC#N)c(C)c1CNC1CC1. The van der Waals surface area contributed by atoms with Gasteiger partial charge in [0.15, 0.2) is 0 Å². The van der Waals surface area contributed by atoms with Crippen LogP contribution in [0.3, 0.4) is 0 Å². The van der Waals surface area contributed by atoms with E-state index in [9.17, 15) is 4.79 Å². The van der Waals surface area contributed by atoms with Gasteiger partial charge in [-0.1, -0.05) is 0 Å². The number of nitriles is 1. The molecule has 0 aliphatic heterocycles. The molecule has 2 rings (SSSR count). The molecule has 0 unspecified atom stereocenters. The van der Waals surface area contributed by atoms with Crippen molar-refractivity contribution in [3.8, 4) is 6.07 Å². The topological polar surface area (TPSA) is 82.7 Å². The van der Waals surface area contributed by atoms with Gasteiger partial charge >= 0.3 is 0 Å². The molecule has 0 bridgehead atoms. The van der Waals surface area contributed by atoms with E-state index in [1.54, 1.807) is 4.68 Å². The average Bonchev–Trinajstić information content (AvgIpc) is 3.18. The molecule has 0 radical (unpaired) electrons. The van der Waals surface area contributed by atoms with Crippen LogP contribution in [0.1, 0.15) is 36.2 Å². The van der Waals surface area contributed by atoms with Crippen molar-refractivity contribution < 1.29 is 4.79 Å². The van der Waals surface area contributed by atoms with Crippen LogP contribution in [0.2, 0.25) is 0 Å². The van der Waals surface area contributed by atoms with Crippen molar-refractivity contribution in [2.75, 3.05) is 6.54 Å². The molecule has 0 saturated heterocycles. The number of amides is 1. The summed E-state index contributed by atoms with van der Waals surface area (Å²) < 4.78 is 1.74. The van der Waals surface area contributed by atoms with Gasteiger partial charge in [-0.2, -0.15) is 10.4 Å². The first-order chi connectivity index (χ1) is 9.61. The molecule has 0 aromatic carbocycles. The first-order valence-electron chi connectivity index (χ1n) is 7.01. The second-order valence-electron chi connectivity index (χ2n) is 5.22. The number of aryl methyl sites for hydroxylation is 1. The van der Waals surface area contributed by atoms with E-state index in [0.29, 0.717) is 19.0 Å². The quantitative estimate of drug-likeness (QED) is 0.720. The molecule has 108 valence electrons. The van der Waals surface area contributed by atoms with Gasteiger partial charge in [-0.3, -0.25) is 9.48 Å². The number of hydrogen-bond acceptors (Lipinski definition) is 4. The van der Waals surface area contributed by atoms with Gasteiger partial charge < -0.3 is 10.6 Å². The zero-order valence-electron chi connectivity index (χ0n) is 12.1. The molecule has 1 aliphatic carbocycles. The molecule has 1 heterocycles. The van der Waals surface area contributed by atoms with Crippen molar-refractivity contribution in [3.05, 3.63) is 17.0 Å². The fourth-order valence-electron chi connectivity index (χ4n) is 2.13. The summed E-state index contributed by atoms with van der Waals surface area (Å²) in [4.78, 5) is 11.7. The van der Waals surface area contributed by atoms with Crippen LogP contribution in [0, 0.1) is 25.2 Å². The third-order valence-corrected chi connectivity index (χ3v) is 3.53. The minimum absolute atomic E-state index is 0.104. The average molecular weight is 275 g/mol. The Labute approximate surface area is 119 Å². The smallest absolute Gasteiger partial charge is 0.241 e. The minimum Gasteiger partial charge on any atom is -0.353 e. The highest BCUT2D eigenvalue weighted by atomic mass is 16.2. The number of hydrogen-bond donors (Lipinski definition) is 2. The Morgan fingerprint density at radius 3 is 2.90 bits per heavy atom. The summed E-state index contributed by atoms with van der Waals surface area (Å²) in [5.41, 5.74) is 3.19. The van der Waals surface area contributed by atoms with E-state index >= 15 is 0 Å². The van der Waals surface area contributed by atoms with Crippen molar-refractivity contribution in [1.29, 1.82) is 5.26 Å². The van der Waals surface area contributed by atoms with Crippen molar-refractivity contribution in [2.24, 2.45) is 0 Å². The van der Waals surface area contributed by atoms with Crippen molar-refractivity contribution in [1.82, 2.24) is 20.4 Å². The number of carbonyl (C=O) groups is 1. The van der Waals surface area contributed by atoms with Crippen molar-refractivity contribution >= 4 is 5.91 Å². The van der Waals surface area contributed by atoms with E-state index in [1.165, 1.54) is 18.4 Å². The molecule has 6 heteroatoms. The fourth-order valence-corrected chi connectivity index (χ4v) is 2.13. The molecule has 1 saturated carbocycles. The third-order valence-electron chi connectivity index (χ3n) is 3.53. The van der Waals surface area contributed by atoms with E-state index in [-0.39, 0.29) is 12.5 Å². The lowest BCUT2D eigenvalue weighted by Crippen LogP contribution is -2.29. The number of carbonyl (C=O) groups excluding carboxylic acids is 1. The minimum atomic E-state index is -0.104. The lowest BCUT2D eigenvalue weighted by Gasteiger charge is -2.06. The zero-order chi connectivity index (χ0) is 14.5. The van der Waals surface area contributed by atoms with Gasteiger partial charge in [0, 0.05) is 30.4 Å². The maximum atomic E-state index is 11.7. The summed E-state index contributed by atoms with van der Waals surface area (Å²) in [6.45, 7) is 5.39. The molecule has 6 nitrogen and oxygen atoms in total. The van der Waals surface area contributed by atoms with Gasteiger partial charge in [-0.05, 0) is 26.7 Å². The summed E-state index contributed by atoms with van der Waals surface area (Å²) in [7, 11) is 0. The van der Waals surface area contributed by atoms with Crippen LogP contribution < -0.4 is 10.6 Å². The van der Waals surface area contributed by atoms with E-state index in [4.69, 9.17) is 5.26 Å². The lowest BCUT2D eigenvalue weighted by molar-refractivity contribution is -0.121. The highest BCUT2D eigenvalue weighted by Crippen LogP contribution is 2.20. The predicted molar refractivity (Wildman–Crippen MR) is 74.8 cm³/mol. The third kappa shape index (κ3) is 3.81. The fraction of sp³-hybridized carbons (Fsp3) is 0.643. The van der Waals surface area contributed by atoms with Gasteiger partial charge in [0.1, 0.15) is 6.54 Å². The van der Waals surface area contributed by atoms with E-state index < -0.39 is 0 Å². The van der Waals surface area contributed by atoms with Crippen LogP contribution in [-0.2, 0) is 17.9 Å². The molecule has 1 aliphatic rings. The second kappa shape index (κ2) is 6.53. The normalized spacial score (nSPS) is 14.1. The van der Waals surface area contributed by atoms with Gasteiger partial charge in [-0.15, -0.1) is 0 Å². The summed E-state index contributed by atoms with van der Waals surface area (Å²) in [5.74, 6) is -0.104. The van der Waals surface area contributed by atoms with Gasteiger partial charge in [-0.25, -0.2) is 0 Å². The standard InChI is InChI=1S/C14H21N5O/c1-10-13(8-17-12-4-5-12)11(2)19(18-10)9-14(20)16-7-3-6-15/h12,17H,3-5,7-9H2,1-2H3,(H,16,20). The monoisotopic (exact) mass is 275 g/mol. The molecule has 1 aromatic rings. The van der Waals surface area contributed by atoms with Crippen LogP contribution in [0.15, 0.2) is 0 Å². The summed E-state index contributed by atoms with van der Waals surface area (Å²) in [6, 6.07) is 2.66. The Kier molecular flexibility index (Phi) is 4.74. The molecule has 0 atom stereocenters. The Hall–Kier alpha value is -1.87. The molecule has 0 spiro atoms. The van der Waals surface area contributed by atoms with Gasteiger partial charge in [0.25, 0.3) is 0 Å². The first-order valence-corrected chi connectivity index (χ1v) is 7.01. The van der Waals surface area contributed by atoms with Crippen LogP contribution in [0.5, 0.6) is 0 Å². The van der Waals surface area contributed by atoms with Crippen LogP contribution in [0.25, 0.3) is 0 Å². The van der Waals surface area contributed by atoms with E-state index in [1.807, 2.05) is 19.9 Å². The lowest BCUT2D eigenvalue weighted by atomic mass is 10.2. The van der Waals surface area contributed by atoms with E-state index in [2.05, 4.69) is 15.7 Å². The van der Waals surface area contributed by atoms with Crippen LogP contribution in [0.4, 0.5) is 0 Å². The zero-order valence-corrected chi connectivity index (χ0v) is 12.1. The van der Waals surface area contributed by atoms with Gasteiger partial charge in [0.2, 0.25) is 5.91 Å².